The van der Waals surface area contributed by atoms with Crippen LogP contribution in [-0.4, -0.2) is 29.0 Å². The number of amides is 1. The van der Waals surface area contributed by atoms with Gasteiger partial charge in [0, 0.05) is 19.0 Å². The summed E-state index contributed by atoms with van der Waals surface area (Å²) in [4.78, 5) is 13.2. The van der Waals surface area contributed by atoms with Gasteiger partial charge in [0.1, 0.15) is 0 Å². The molecule has 1 amide bonds. The van der Waals surface area contributed by atoms with Gasteiger partial charge in [0.2, 0.25) is 5.91 Å². The zero-order chi connectivity index (χ0) is 15.6. The summed E-state index contributed by atoms with van der Waals surface area (Å²) in [5.74, 6) is -0.250. The number of nitrogens with two attached hydrogens (primary N) is 1. The molecule has 1 heterocycles. The van der Waals surface area contributed by atoms with Crippen molar-refractivity contribution in [3.8, 4) is 0 Å². The minimum absolute atomic E-state index is 0.0336. The van der Waals surface area contributed by atoms with Gasteiger partial charge in [-0.15, -0.1) is 0 Å². The lowest BCUT2D eigenvalue weighted by Gasteiger charge is -2.33. The fourth-order valence-corrected chi connectivity index (χ4v) is 3.28. The van der Waals surface area contributed by atoms with Gasteiger partial charge in [0.05, 0.1) is 10.7 Å². The molecule has 4 nitrogen and oxygen atoms in total. The van der Waals surface area contributed by atoms with Gasteiger partial charge >= 0.3 is 0 Å². The molecule has 0 saturated carbocycles. The molecule has 1 saturated heterocycles. The van der Waals surface area contributed by atoms with E-state index >= 15 is 0 Å². The summed E-state index contributed by atoms with van der Waals surface area (Å²) in [5.41, 5.74) is 8.38. The average molecular weight is 326 g/mol. The van der Waals surface area contributed by atoms with Gasteiger partial charge in [-0.3, -0.25) is 4.79 Å². The highest BCUT2D eigenvalue weighted by Gasteiger charge is 2.24. The SMILES string of the molecule is Cc1cc(C)c(NC(=S)N2CCC(C(N)=O)CC2)c(Cl)c1. The molecular formula is C15H20ClN3OS. The molecular weight excluding hydrogens is 306 g/mol. The van der Waals surface area contributed by atoms with Crippen molar-refractivity contribution >= 4 is 40.5 Å². The number of halogens is 1. The third kappa shape index (κ3) is 3.86. The number of hydrogen-bond acceptors (Lipinski definition) is 2. The molecule has 114 valence electrons. The maximum Gasteiger partial charge on any atom is 0.220 e. The van der Waals surface area contributed by atoms with Crippen molar-refractivity contribution in [1.29, 1.82) is 0 Å². The molecule has 0 radical (unpaired) electrons. The summed E-state index contributed by atoms with van der Waals surface area (Å²) >= 11 is 11.7. The van der Waals surface area contributed by atoms with E-state index in [1.807, 2.05) is 19.9 Å². The second kappa shape index (κ2) is 6.62. The zero-order valence-electron chi connectivity index (χ0n) is 12.3. The fraction of sp³-hybridized carbons (Fsp3) is 0.467. The van der Waals surface area contributed by atoms with Crippen LogP contribution in [0, 0.1) is 19.8 Å². The van der Waals surface area contributed by atoms with Crippen LogP contribution in [0.4, 0.5) is 5.69 Å². The quantitative estimate of drug-likeness (QED) is 0.821. The standard InChI is InChI=1S/C15H20ClN3OS/c1-9-7-10(2)13(12(16)8-9)18-15(21)19-5-3-11(4-6-19)14(17)20/h7-8,11H,3-6H2,1-2H3,(H2,17,20)(H,18,21). The Morgan fingerprint density at radius 2 is 2.00 bits per heavy atom. The lowest BCUT2D eigenvalue weighted by atomic mass is 9.97. The Morgan fingerprint density at radius 3 is 2.52 bits per heavy atom. The molecule has 0 unspecified atom stereocenters. The third-order valence-electron chi connectivity index (χ3n) is 3.85. The number of thiocarbonyl (C=S) groups is 1. The number of benzene rings is 1. The Bertz CT molecular complexity index is 545. The molecule has 0 bridgehead atoms. The van der Waals surface area contributed by atoms with Crippen molar-refractivity contribution in [2.75, 3.05) is 18.4 Å². The van der Waals surface area contributed by atoms with Crippen molar-refractivity contribution in [2.45, 2.75) is 26.7 Å². The molecule has 3 N–H and O–H groups in total. The number of aryl methyl sites for hydroxylation is 2. The van der Waals surface area contributed by atoms with E-state index in [2.05, 4.69) is 16.3 Å². The van der Waals surface area contributed by atoms with Gasteiger partial charge in [-0.05, 0) is 56.1 Å². The molecule has 1 fully saturated rings. The first kappa shape index (κ1) is 16.0. The maximum atomic E-state index is 11.2. The van der Waals surface area contributed by atoms with Crippen molar-refractivity contribution in [3.63, 3.8) is 0 Å². The molecule has 1 aromatic carbocycles. The van der Waals surface area contributed by atoms with Crippen LogP contribution in [0.15, 0.2) is 12.1 Å². The first-order chi connectivity index (χ1) is 9.88. The normalized spacial score (nSPS) is 15.9. The van der Waals surface area contributed by atoms with Gasteiger partial charge in [0.25, 0.3) is 0 Å². The Hall–Kier alpha value is -1.33. The van der Waals surface area contributed by atoms with Gasteiger partial charge in [-0.2, -0.15) is 0 Å². The predicted octanol–water partition coefficient (Wildman–Crippen LogP) is 2.85. The molecule has 2 rings (SSSR count). The number of rotatable bonds is 2. The molecule has 0 aromatic heterocycles. The van der Waals surface area contributed by atoms with Crippen LogP contribution in [-0.2, 0) is 4.79 Å². The van der Waals surface area contributed by atoms with Gasteiger partial charge in [-0.1, -0.05) is 17.7 Å². The highest BCUT2D eigenvalue weighted by Crippen LogP contribution is 2.28. The molecule has 1 aliphatic heterocycles. The van der Waals surface area contributed by atoms with E-state index in [0.717, 1.165) is 42.7 Å². The zero-order valence-corrected chi connectivity index (χ0v) is 13.9. The van der Waals surface area contributed by atoms with E-state index in [9.17, 15) is 4.79 Å². The van der Waals surface area contributed by atoms with Crippen LogP contribution >= 0.6 is 23.8 Å². The molecule has 0 aliphatic carbocycles. The van der Waals surface area contributed by atoms with Gasteiger partial charge < -0.3 is 16.0 Å². The number of nitrogens with zero attached hydrogens (tertiary/aromatic N) is 1. The third-order valence-corrected chi connectivity index (χ3v) is 4.51. The van der Waals surface area contributed by atoms with Crippen molar-refractivity contribution in [3.05, 3.63) is 28.3 Å². The van der Waals surface area contributed by atoms with Crippen molar-refractivity contribution < 1.29 is 4.79 Å². The second-order valence-corrected chi connectivity index (χ2v) is 6.33. The number of piperidine rings is 1. The summed E-state index contributed by atoms with van der Waals surface area (Å²) in [6.45, 7) is 5.49. The number of carbonyl (C=O) groups is 1. The highest BCUT2D eigenvalue weighted by atomic mass is 35.5. The van der Waals surface area contributed by atoms with Gasteiger partial charge in [-0.25, -0.2) is 0 Å². The Kier molecular flexibility index (Phi) is 5.06. The Labute approximate surface area is 135 Å². The van der Waals surface area contributed by atoms with E-state index in [0.29, 0.717) is 10.1 Å². The summed E-state index contributed by atoms with van der Waals surface area (Å²) in [7, 11) is 0. The topological polar surface area (TPSA) is 58.4 Å². The van der Waals surface area contributed by atoms with Crippen LogP contribution in [0.3, 0.4) is 0 Å². The first-order valence-electron chi connectivity index (χ1n) is 7.00. The molecule has 0 spiro atoms. The van der Waals surface area contributed by atoms with Crippen molar-refractivity contribution in [2.24, 2.45) is 11.7 Å². The summed E-state index contributed by atoms with van der Waals surface area (Å²) in [5, 5.41) is 4.54. The van der Waals surface area contributed by atoms with E-state index < -0.39 is 0 Å². The first-order valence-corrected chi connectivity index (χ1v) is 7.79. The number of primary amides is 1. The molecule has 1 aliphatic rings. The number of hydrogen-bond donors (Lipinski definition) is 2. The Morgan fingerprint density at radius 1 is 1.38 bits per heavy atom. The predicted molar refractivity (Wildman–Crippen MR) is 90.6 cm³/mol. The average Bonchev–Trinajstić information content (AvgIpc) is 2.42. The van der Waals surface area contributed by atoms with E-state index in [1.165, 1.54) is 0 Å². The second-order valence-electron chi connectivity index (χ2n) is 5.53. The van der Waals surface area contributed by atoms with E-state index in [4.69, 9.17) is 29.6 Å². The molecule has 0 atom stereocenters. The lowest BCUT2D eigenvalue weighted by molar-refractivity contribution is -0.122. The van der Waals surface area contributed by atoms with E-state index in [-0.39, 0.29) is 11.8 Å². The van der Waals surface area contributed by atoms with Crippen LogP contribution in [0.25, 0.3) is 0 Å². The largest absolute Gasteiger partial charge is 0.369 e. The lowest BCUT2D eigenvalue weighted by Crippen LogP contribution is -2.43. The van der Waals surface area contributed by atoms with Crippen LogP contribution < -0.4 is 11.1 Å². The fourth-order valence-electron chi connectivity index (χ4n) is 2.63. The summed E-state index contributed by atoms with van der Waals surface area (Å²) in [6.07, 6.45) is 1.50. The van der Waals surface area contributed by atoms with Crippen LogP contribution in [0.2, 0.25) is 5.02 Å². The highest BCUT2D eigenvalue weighted by molar-refractivity contribution is 7.80. The van der Waals surface area contributed by atoms with Crippen LogP contribution in [0.5, 0.6) is 0 Å². The maximum absolute atomic E-state index is 11.2. The minimum atomic E-state index is -0.217. The molecule has 1 aromatic rings. The van der Waals surface area contributed by atoms with Crippen LogP contribution in [0.1, 0.15) is 24.0 Å². The summed E-state index contributed by atoms with van der Waals surface area (Å²) < 4.78 is 0. The van der Waals surface area contributed by atoms with E-state index in [1.54, 1.807) is 0 Å². The van der Waals surface area contributed by atoms with Crippen molar-refractivity contribution in [1.82, 2.24) is 4.90 Å². The Balaban J connectivity index is 2.01. The van der Waals surface area contributed by atoms with Gasteiger partial charge in [0.15, 0.2) is 5.11 Å². The number of nitrogens with one attached hydrogen (secondary N) is 1. The summed E-state index contributed by atoms with van der Waals surface area (Å²) in [6, 6.07) is 3.98. The number of likely N-dealkylation sites (tertiary alicyclic amines) is 1. The molecule has 6 heteroatoms. The smallest absolute Gasteiger partial charge is 0.220 e. The monoisotopic (exact) mass is 325 g/mol. The number of anilines is 1. The minimum Gasteiger partial charge on any atom is -0.369 e. The number of carbonyl (C=O) groups excluding carboxylic acids is 1. The molecule has 21 heavy (non-hydrogen) atoms.